The Bertz CT molecular complexity index is 509. The fraction of sp³-hybridized carbons (Fsp3) is 0.692. The van der Waals surface area contributed by atoms with Gasteiger partial charge >= 0.3 is 5.82 Å². The predicted octanol–water partition coefficient (Wildman–Crippen LogP) is 1.88. The predicted molar refractivity (Wildman–Crippen MR) is 73.1 cm³/mol. The van der Waals surface area contributed by atoms with E-state index in [2.05, 4.69) is 24.1 Å². The molecule has 7 heteroatoms. The van der Waals surface area contributed by atoms with Crippen molar-refractivity contribution in [3.63, 3.8) is 0 Å². The second-order valence-electron chi connectivity index (χ2n) is 6.15. The molecule has 1 aliphatic rings. The van der Waals surface area contributed by atoms with Gasteiger partial charge < -0.3 is 20.0 Å². The molecular formula is C13H20N4O3. The van der Waals surface area contributed by atoms with Gasteiger partial charge in [0.1, 0.15) is 6.20 Å². The molecule has 1 heterocycles. The van der Waals surface area contributed by atoms with Crippen molar-refractivity contribution in [2.45, 2.75) is 52.1 Å². The smallest absolute Gasteiger partial charge is 0.358 e. The highest BCUT2D eigenvalue weighted by Gasteiger charge is 2.31. The molecule has 1 atom stereocenters. The van der Waals surface area contributed by atoms with Crippen LogP contribution in [-0.4, -0.2) is 26.4 Å². The highest BCUT2D eigenvalue weighted by molar-refractivity contribution is 5.76. The van der Waals surface area contributed by atoms with E-state index in [4.69, 9.17) is 0 Å². The lowest BCUT2D eigenvalue weighted by atomic mass is 9.92. The van der Waals surface area contributed by atoms with Gasteiger partial charge in [0.05, 0.1) is 0 Å². The Kier molecular flexibility index (Phi) is 4.06. The second kappa shape index (κ2) is 5.60. The Balaban J connectivity index is 1.76. The molecule has 1 unspecified atom stereocenters. The van der Waals surface area contributed by atoms with Crippen LogP contribution in [0.25, 0.3) is 0 Å². The van der Waals surface area contributed by atoms with Crippen LogP contribution in [0.1, 0.15) is 39.5 Å². The first-order valence-electron chi connectivity index (χ1n) is 6.81. The van der Waals surface area contributed by atoms with Crippen molar-refractivity contribution in [2.75, 3.05) is 0 Å². The van der Waals surface area contributed by atoms with Crippen molar-refractivity contribution in [3.05, 3.63) is 22.6 Å². The van der Waals surface area contributed by atoms with Crippen molar-refractivity contribution >= 4 is 11.7 Å². The first-order valence-corrected chi connectivity index (χ1v) is 6.81. The maximum absolute atomic E-state index is 11.8. The molecular weight excluding hydrogens is 260 g/mol. The van der Waals surface area contributed by atoms with E-state index in [9.17, 15) is 14.9 Å². The number of nitrogens with one attached hydrogen (secondary N) is 1. The molecule has 0 radical (unpaired) electrons. The van der Waals surface area contributed by atoms with Crippen molar-refractivity contribution in [1.82, 2.24) is 14.9 Å². The van der Waals surface area contributed by atoms with Gasteiger partial charge in [-0.15, -0.1) is 0 Å². The topological polar surface area (TPSA) is 90.1 Å². The number of aromatic nitrogens is 2. The third-order valence-electron chi connectivity index (χ3n) is 3.74. The quantitative estimate of drug-likeness (QED) is 0.658. The van der Waals surface area contributed by atoms with Gasteiger partial charge in [0.15, 0.2) is 0 Å². The monoisotopic (exact) mass is 280 g/mol. The average Bonchev–Trinajstić information content (AvgIpc) is 2.93. The van der Waals surface area contributed by atoms with Crippen LogP contribution in [0.5, 0.6) is 0 Å². The highest BCUT2D eigenvalue weighted by Crippen LogP contribution is 2.36. The summed E-state index contributed by atoms with van der Waals surface area (Å²) in [6.07, 6.45) is 6.19. The van der Waals surface area contributed by atoms with Crippen LogP contribution >= 0.6 is 0 Å². The molecule has 0 saturated heterocycles. The molecule has 1 amide bonds. The summed E-state index contributed by atoms with van der Waals surface area (Å²) in [6.45, 7) is 4.83. The van der Waals surface area contributed by atoms with Crippen LogP contribution in [0.3, 0.4) is 0 Å². The fourth-order valence-corrected chi connectivity index (χ4v) is 2.65. The number of hydrogen-bond donors (Lipinski definition) is 1. The van der Waals surface area contributed by atoms with Crippen molar-refractivity contribution in [2.24, 2.45) is 5.41 Å². The molecule has 1 aromatic rings. The molecule has 2 rings (SSSR count). The van der Waals surface area contributed by atoms with Crippen LogP contribution in [0.4, 0.5) is 5.82 Å². The lowest BCUT2D eigenvalue weighted by molar-refractivity contribution is -0.389. The van der Waals surface area contributed by atoms with E-state index in [-0.39, 0.29) is 17.8 Å². The van der Waals surface area contributed by atoms with Gasteiger partial charge in [0, 0.05) is 19.0 Å². The molecule has 1 fully saturated rings. The molecule has 1 aliphatic carbocycles. The Labute approximate surface area is 117 Å². The zero-order valence-corrected chi connectivity index (χ0v) is 11.8. The second-order valence-corrected chi connectivity index (χ2v) is 6.15. The van der Waals surface area contributed by atoms with E-state index in [1.165, 1.54) is 12.5 Å². The molecule has 1 saturated carbocycles. The minimum atomic E-state index is -0.544. The maximum atomic E-state index is 11.8. The number of nitro groups is 1. The summed E-state index contributed by atoms with van der Waals surface area (Å²) in [5, 5.41) is 13.5. The lowest BCUT2D eigenvalue weighted by Gasteiger charge is -2.17. The van der Waals surface area contributed by atoms with Crippen LogP contribution in [0, 0.1) is 15.5 Å². The number of hydrogen-bond acceptors (Lipinski definition) is 4. The largest absolute Gasteiger partial charge is 0.381 e. The van der Waals surface area contributed by atoms with Gasteiger partial charge in [0.25, 0.3) is 0 Å². The standard InChI is InChI=1S/C13H20N4O3/c1-13(2)5-3-10(7-13)15-12(18)4-6-16-8-11(14-9-16)17(19)20/h8-10H,3-7H2,1-2H3,(H,15,18). The normalized spacial score (nSPS) is 20.8. The summed E-state index contributed by atoms with van der Waals surface area (Å²) < 4.78 is 1.57. The van der Waals surface area contributed by atoms with E-state index < -0.39 is 4.92 Å². The molecule has 1 aromatic heterocycles. The van der Waals surface area contributed by atoms with Gasteiger partial charge in [-0.2, -0.15) is 0 Å². The number of imidazole rings is 1. The number of amides is 1. The summed E-state index contributed by atoms with van der Waals surface area (Å²) >= 11 is 0. The number of aryl methyl sites for hydroxylation is 1. The summed E-state index contributed by atoms with van der Waals surface area (Å²) in [6, 6.07) is 0.259. The third kappa shape index (κ3) is 3.79. The van der Waals surface area contributed by atoms with E-state index in [1.807, 2.05) is 0 Å². The van der Waals surface area contributed by atoms with Gasteiger partial charge in [-0.3, -0.25) is 4.79 Å². The molecule has 0 aliphatic heterocycles. The van der Waals surface area contributed by atoms with E-state index in [0.29, 0.717) is 18.4 Å². The Morgan fingerprint density at radius 3 is 2.95 bits per heavy atom. The Morgan fingerprint density at radius 1 is 1.65 bits per heavy atom. The Morgan fingerprint density at radius 2 is 2.40 bits per heavy atom. The first-order chi connectivity index (χ1) is 9.35. The summed E-state index contributed by atoms with van der Waals surface area (Å²) in [5.41, 5.74) is 0.308. The van der Waals surface area contributed by atoms with Gasteiger partial charge in [-0.05, 0) is 34.6 Å². The highest BCUT2D eigenvalue weighted by atomic mass is 16.6. The molecule has 0 aromatic carbocycles. The van der Waals surface area contributed by atoms with Crippen LogP contribution in [0.2, 0.25) is 0 Å². The molecule has 0 spiro atoms. The third-order valence-corrected chi connectivity index (χ3v) is 3.74. The summed E-state index contributed by atoms with van der Waals surface area (Å²) in [5.74, 6) is -0.202. The number of carbonyl (C=O) groups is 1. The minimum absolute atomic E-state index is 0.0101. The molecule has 110 valence electrons. The molecule has 0 bridgehead atoms. The fourth-order valence-electron chi connectivity index (χ4n) is 2.65. The van der Waals surface area contributed by atoms with Crippen molar-refractivity contribution in [3.8, 4) is 0 Å². The van der Waals surface area contributed by atoms with Crippen molar-refractivity contribution < 1.29 is 9.72 Å². The average molecular weight is 280 g/mol. The SMILES string of the molecule is CC1(C)CCC(NC(=O)CCn2cnc([N+](=O)[O-])c2)C1. The van der Waals surface area contributed by atoms with Crippen LogP contribution < -0.4 is 5.32 Å². The van der Waals surface area contributed by atoms with Gasteiger partial charge in [0.2, 0.25) is 12.2 Å². The van der Waals surface area contributed by atoms with E-state index in [0.717, 1.165) is 19.3 Å². The van der Waals surface area contributed by atoms with Gasteiger partial charge in [-0.25, -0.2) is 0 Å². The van der Waals surface area contributed by atoms with Crippen molar-refractivity contribution in [1.29, 1.82) is 0 Å². The van der Waals surface area contributed by atoms with E-state index >= 15 is 0 Å². The molecule has 1 N–H and O–H groups in total. The van der Waals surface area contributed by atoms with E-state index in [1.54, 1.807) is 4.57 Å². The summed E-state index contributed by atoms with van der Waals surface area (Å²) in [7, 11) is 0. The molecule has 20 heavy (non-hydrogen) atoms. The Hall–Kier alpha value is -1.92. The zero-order valence-electron chi connectivity index (χ0n) is 11.8. The molecule has 7 nitrogen and oxygen atoms in total. The van der Waals surface area contributed by atoms with Gasteiger partial charge in [-0.1, -0.05) is 13.8 Å². The first kappa shape index (κ1) is 14.5. The van der Waals surface area contributed by atoms with Crippen LogP contribution in [0.15, 0.2) is 12.5 Å². The van der Waals surface area contributed by atoms with Crippen LogP contribution in [-0.2, 0) is 11.3 Å². The number of nitrogens with zero attached hydrogens (tertiary/aromatic N) is 3. The summed E-state index contributed by atoms with van der Waals surface area (Å²) in [4.78, 5) is 25.4. The maximum Gasteiger partial charge on any atom is 0.381 e. The number of rotatable bonds is 5. The minimum Gasteiger partial charge on any atom is -0.358 e. The number of carbonyl (C=O) groups excluding carboxylic acids is 1. The zero-order chi connectivity index (χ0) is 14.8. The lowest BCUT2D eigenvalue weighted by Crippen LogP contribution is -2.33.